The Morgan fingerprint density at radius 3 is 2.47 bits per heavy atom. The summed E-state index contributed by atoms with van der Waals surface area (Å²) in [4.78, 5) is 14.3. The van der Waals surface area contributed by atoms with Crippen LogP contribution in [0.15, 0.2) is 24.3 Å². The largest absolute Gasteiger partial charge is 0.356 e. The molecule has 19 heavy (non-hydrogen) atoms. The lowest BCUT2D eigenvalue weighted by atomic mass is 9.95. The maximum Gasteiger partial charge on any atom is 0.227 e. The van der Waals surface area contributed by atoms with Crippen molar-refractivity contribution in [2.75, 3.05) is 27.2 Å². The van der Waals surface area contributed by atoms with Crippen LogP contribution in [0.1, 0.15) is 31.2 Å². The van der Waals surface area contributed by atoms with Gasteiger partial charge in [-0.1, -0.05) is 30.7 Å². The molecule has 1 N–H and O–H groups in total. The highest BCUT2D eigenvalue weighted by atomic mass is 35.5. The standard InChI is InChI=1S/C15H23ClN2O/c1-4-14(12-6-8-13(16)9-7-12)15(19)17-10-5-11-18(2)3/h6-9,14H,4-5,10-11H2,1-3H3,(H,17,19). The summed E-state index contributed by atoms with van der Waals surface area (Å²) in [6.45, 7) is 3.73. The van der Waals surface area contributed by atoms with Crippen molar-refractivity contribution in [2.45, 2.75) is 25.7 Å². The van der Waals surface area contributed by atoms with E-state index in [1.54, 1.807) is 0 Å². The van der Waals surface area contributed by atoms with Gasteiger partial charge >= 0.3 is 0 Å². The number of nitrogens with zero attached hydrogens (tertiary/aromatic N) is 1. The number of hydrogen-bond donors (Lipinski definition) is 1. The van der Waals surface area contributed by atoms with Crippen molar-refractivity contribution < 1.29 is 4.79 Å². The van der Waals surface area contributed by atoms with Gasteiger partial charge in [0, 0.05) is 11.6 Å². The van der Waals surface area contributed by atoms with Crippen molar-refractivity contribution in [2.24, 2.45) is 0 Å². The smallest absolute Gasteiger partial charge is 0.227 e. The molecular formula is C15H23ClN2O. The molecule has 1 amide bonds. The number of halogens is 1. The van der Waals surface area contributed by atoms with E-state index in [0.29, 0.717) is 5.02 Å². The number of hydrogen-bond acceptors (Lipinski definition) is 2. The van der Waals surface area contributed by atoms with Gasteiger partial charge in [0.2, 0.25) is 5.91 Å². The van der Waals surface area contributed by atoms with Gasteiger partial charge in [0.25, 0.3) is 0 Å². The first-order valence-electron chi connectivity index (χ1n) is 6.72. The van der Waals surface area contributed by atoms with Gasteiger partial charge in [0.05, 0.1) is 5.92 Å². The van der Waals surface area contributed by atoms with Gasteiger partial charge in [0.15, 0.2) is 0 Å². The first-order valence-corrected chi connectivity index (χ1v) is 7.10. The molecule has 0 heterocycles. The molecule has 1 unspecified atom stereocenters. The molecule has 0 saturated carbocycles. The zero-order chi connectivity index (χ0) is 14.3. The van der Waals surface area contributed by atoms with Crippen LogP contribution in [0.5, 0.6) is 0 Å². The fraction of sp³-hybridized carbons (Fsp3) is 0.533. The van der Waals surface area contributed by atoms with E-state index >= 15 is 0 Å². The van der Waals surface area contributed by atoms with Crippen LogP contribution in [0.25, 0.3) is 0 Å². The molecule has 0 aliphatic carbocycles. The Kier molecular flexibility index (Phi) is 6.89. The Morgan fingerprint density at radius 2 is 1.95 bits per heavy atom. The highest BCUT2D eigenvalue weighted by Crippen LogP contribution is 2.21. The van der Waals surface area contributed by atoms with Crippen LogP contribution in [0.3, 0.4) is 0 Å². The monoisotopic (exact) mass is 282 g/mol. The third-order valence-corrected chi connectivity index (χ3v) is 3.33. The zero-order valence-electron chi connectivity index (χ0n) is 11.9. The molecule has 1 aromatic rings. The van der Waals surface area contributed by atoms with Crippen LogP contribution in [0, 0.1) is 0 Å². The third kappa shape index (κ3) is 5.62. The van der Waals surface area contributed by atoms with Crippen LogP contribution < -0.4 is 5.32 Å². The van der Waals surface area contributed by atoms with Gasteiger partial charge in [0.1, 0.15) is 0 Å². The summed E-state index contributed by atoms with van der Waals surface area (Å²) in [7, 11) is 4.06. The van der Waals surface area contributed by atoms with E-state index in [1.165, 1.54) is 0 Å². The molecule has 1 rings (SSSR count). The molecule has 0 radical (unpaired) electrons. The first-order chi connectivity index (χ1) is 9.04. The summed E-state index contributed by atoms with van der Waals surface area (Å²) in [5.41, 5.74) is 1.03. The molecule has 4 heteroatoms. The second-order valence-corrected chi connectivity index (χ2v) is 5.40. The molecule has 0 fully saturated rings. The highest BCUT2D eigenvalue weighted by Gasteiger charge is 2.17. The lowest BCUT2D eigenvalue weighted by molar-refractivity contribution is -0.122. The quantitative estimate of drug-likeness (QED) is 0.780. The summed E-state index contributed by atoms with van der Waals surface area (Å²) < 4.78 is 0. The van der Waals surface area contributed by atoms with Crippen molar-refractivity contribution in [3.8, 4) is 0 Å². The molecule has 0 bridgehead atoms. The number of amides is 1. The predicted octanol–water partition coefficient (Wildman–Crippen LogP) is 2.90. The van der Waals surface area contributed by atoms with E-state index in [2.05, 4.69) is 10.2 Å². The summed E-state index contributed by atoms with van der Waals surface area (Å²) in [6.07, 6.45) is 1.76. The van der Waals surface area contributed by atoms with E-state index in [4.69, 9.17) is 11.6 Å². The molecule has 1 atom stereocenters. The molecule has 0 aliphatic rings. The van der Waals surface area contributed by atoms with Gasteiger partial charge in [-0.15, -0.1) is 0 Å². The van der Waals surface area contributed by atoms with Crippen LogP contribution in [0.2, 0.25) is 5.02 Å². The van der Waals surface area contributed by atoms with Gasteiger partial charge in [-0.2, -0.15) is 0 Å². The summed E-state index contributed by atoms with van der Waals surface area (Å²) >= 11 is 5.87. The first kappa shape index (κ1) is 16.0. The number of nitrogens with one attached hydrogen (secondary N) is 1. The molecule has 0 aliphatic heterocycles. The molecule has 1 aromatic carbocycles. The average Bonchev–Trinajstić information content (AvgIpc) is 2.37. The SMILES string of the molecule is CCC(C(=O)NCCCN(C)C)c1ccc(Cl)cc1. The lowest BCUT2D eigenvalue weighted by Gasteiger charge is -2.16. The zero-order valence-corrected chi connectivity index (χ0v) is 12.7. The minimum Gasteiger partial charge on any atom is -0.356 e. The van der Waals surface area contributed by atoms with E-state index in [-0.39, 0.29) is 11.8 Å². The van der Waals surface area contributed by atoms with Crippen LogP contribution >= 0.6 is 11.6 Å². The van der Waals surface area contributed by atoms with Crippen molar-refractivity contribution in [1.29, 1.82) is 0 Å². The number of carbonyl (C=O) groups is 1. The van der Waals surface area contributed by atoms with Gasteiger partial charge < -0.3 is 10.2 Å². The van der Waals surface area contributed by atoms with E-state index in [9.17, 15) is 4.79 Å². The summed E-state index contributed by atoms with van der Waals surface area (Å²) in [5.74, 6) is 0.0141. The minimum atomic E-state index is -0.0865. The fourth-order valence-corrected chi connectivity index (χ4v) is 2.12. The molecule has 106 valence electrons. The summed E-state index contributed by atoms with van der Waals surface area (Å²) in [6, 6.07) is 7.52. The maximum absolute atomic E-state index is 12.1. The Morgan fingerprint density at radius 1 is 1.32 bits per heavy atom. The van der Waals surface area contributed by atoms with Crippen molar-refractivity contribution in [1.82, 2.24) is 10.2 Å². The van der Waals surface area contributed by atoms with Crippen LogP contribution in [-0.4, -0.2) is 38.0 Å². The Labute approximate surface area is 120 Å². The Bertz CT molecular complexity index is 390. The third-order valence-electron chi connectivity index (χ3n) is 3.08. The van der Waals surface area contributed by atoms with E-state index < -0.39 is 0 Å². The van der Waals surface area contributed by atoms with Gasteiger partial charge in [-0.25, -0.2) is 0 Å². The second-order valence-electron chi connectivity index (χ2n) is 4.96. The number of rotatable bonds is 7. The second kappa shape index (κ2) is 8.18. The molecule has 0 spiro atoms. The average molecular weight is 283 g/mol. The Balaban J connectivity index is 2.50. The fourth-order valence-electron chi connectivity index (χ4n) is 2.00. The molecule has 0 aromatic heterocycles. The number of benzene rings is 1. The van der Waals surface area contributed by atoms with Gasteiger partial charge in [-0.3, -0.25) is 4.79 Å². The van der Waals surface area contributed by atoms with Crippen molar-refractivity contribution >= 4 is 17.5 Å². The van der Waals surface area contributed by atoms with Crippen molar-refractivity contribution in [3.05, 3.63) is 34.9 Å². The van der Waals surface area contributed by atoms with Crippen LogP contribution in [0.4, 0.5) is 0 Å². The van der Waals surface area contributed by atoms with Crippen LogP contribution in [-0.2, 0) is 4.79 Å². The van der Waals surface area contributed by atoms with Gasteiger partial charge in [-0.05, 0) is 51.2 Å². The summed E-state index contributed by atoms with van der Waals surface area (Å²) in [5, 5.41) is 3.70. The highest BCUT2D eigenvalue weighted by molar-refractivity contribution is 6.30. The van der Waals surface area contributed by atoms with Crippen molar-refractivity contribution in [3.63, 3.8) is 0 Å². The molecule has 3 nitrogen and oxygen atoms in total. The number of carbonyl (C=O) groups excluding carboxylic acids is 1. The normalized spacial score (nSPS) is 12.5. The maximum atomic E-state index is 12.1. The minimum absolute atomic E-state index is 0.0865. The Hall–Kier alpha value is -1.06. The predicted molar refractivity (Wildman–Crippen MR) is 80.7 cm³/mol. The van der Waals surface area contributed by atoms with E-state index in [1.807, 2.05) is 45.3 Å². The topological polar surface area (TPSA) is 32.3 Å². The van der Waals surface area contributed by atoms with E-state index in [0.717, 1.165) is 31.5 Å². The molecule has 0 saturated heterocycles. The lowest BCUT2D eigenvalue weighted by Crippen LogP contribution is -2.31. The molecular weight excluding hydrogens is 260 g/mol.